The van der Waals surface area contributed by atoms with Gasteiger partial charge in [-0.05, 0) is 49.8 Å². The Kier molecular flexibility index (Phi) is 9.87. The third-order valence-corrected chi connectivity index (χ3v) is 2.75. The molecule has 126 valence electrons. The molecule has 2 aromatic rings. The number of hydrogen-bond acceptors (Lipinski definition) is 4. The van der Waals surface area contributed by atoms with Gasteiger partial charge in [0.15, 0.2) is 6.29 Å². The fourth-order valence-electron chi connectivity index (χ4n) is 1.69. The number of aromatic hydroxyl groups is 1. The molecule has 4 heteroatoms. The second-order valence-electron chi connectivity index (χ2n) is 4.84. The van der Waals surface area contributed by atoms with E-state index in [4.69, 9.17) is 11.5 Å². The quantitative estimate of drug-likeness (QED) is 0.446. The van der Waals surface area contributed by atoms with E-state index in [-0.39, 0.29) is 5.75 Å². The van der Waals surface area contributed by atoms with Gasteiger partial charge in [-0.3, -0.25) is 4.79 Å². The lowest BCUT2D eigenvalue weighted by atomic mass is 10.1. The number of fused-ring (bicyclic) bond motifs is 1. The van der Waals surface area contributed by atoms with Gasteiger partial charge < -0.3 is 16.6 Å². The first kappa shape index (κ1) is 20.8. The van der Waals surface area contributed by atoms with Gasteiger partial charge in [-0.1, -0.05) is 30.3 Å². The molecule has 2 aromatic carbocycles. The van der Waals surface area contributed by atoms with Gasteiger partial charge in [0.2, 0.25) is 0 Å². The van der Waals surface area contributed by atoms with Crippen molar-refractivity contribution >= 4 is 17.1 Å². The SMILES string of the molecule is C#CC.C/C=C(N)\C=C(/C)N.O=Cc1cc2ccccc2cc1O. The van der Waals surface area contributed by atoms with Crippen molar-refractivity contribution in [2.24, 2.45) is 11.5 Å². The number of carbonyl (C=O) groups is 1. The lowest BCUT2D eigenvalue weighted by Gasteiger charge is -2.00. The summed E-state index contributed by atoms with van der Waals surface area (Å²) in [6.45, 7) is 5.32. The molecule has 4 nitrogen and oxygen atoms in total. The van der Waals surface area contributed by atoms with Crippen LogP contribution in [0.15, 0.2) is 59.9 Å². The summed E-state index contributed by atoms with van der Waals surface area (Å²) in [4.78, 5) is 10.5. The number of phenols is 1. The van der Waals surface area contributed by atoms with Gasteiger partial charge in [0.05, 0.1) is 5.56 Å². The summed E-state index contributed by atoms with van der Waals surface area (Å²) >= 11 is 0. The minimum atomic E-state index is 0.0358. The first-order valence-electron chi connectivity index (χ1n) is 7.29. The van der Waals surface area contributed by atoms with E-state index in [2.05, 4.69) is 12.3 Å². The molecule has 0 radical (unpaired) electrons. The Bertz CT molecular complexity index is 765. The predicted octanol–water partition coefficient (Wildman–Crippen LogP) is 3.71. The van der Waals surface area contributed by atoms with E-state index in [9.17, 15) is 9.90 Å². The van der Waals surface area contributed by atoms with Crippen molar-refractivity contribution in [1.82, 2.24) is 0 Å². The van der Waals surface area contributed by atoms with Crippen LogP contribution >= 0.6 is 0 Å². The number of hydrogen-bond donors (Lipinski definition) is 3. The maximum absolute atomic E-state index is 10.5. The summed E-state index contributed by atoms with van der Waals surface area (Å²) < 4.78 is 0. The van der Waals surface area contributed by atoms with E-state index in [1.807, 2.05) is 31.2 Å². The van der Waals surface area contributed by atoms with Crippen LogP contribution in [0.25, 0.3) is 10.8 Å². The average Bonchev–Trinajstić information content (AvgIpc) is 2.54. The molecule has 0 amide bonds. The number of allylic oxidation sites excluding steroid dienone is 3. The van der Waals surface area contributed by atoms with Gasteiger partial charge in [0, 0.05) is 11.4 Å². The highest BCUT2D eigenvalue weighted by atomic mass is 16.3. The Labute approximate surface area is 143 Å². The lowest BCUT2D eigenvalue weighted by Crippen LogP contribution is -1.97. The number of phenolic OH excluding ortho intramolecular Hbond substituents is 1. The van der Waals surface area contributed by atoms with Crippen molar-refractivity contribution in [2.75, 3.05) is 0 Å². The molecule has 0 spiro atoms. The van der Waals surface area contributed by atoms with Crippen molar-refractivity contribution in [3.8, 4) is 18.1 Å². The molecule has 0 saturated carbocycles. The largest absolute Gasteiger partial charge is 0.507 e. The van der Waals surface area contributed by atoms with Crippen LogP contribution in [0.5, 0.6) is 5.75 Å². The molecule has 0 saturated heterocycles. The molecule has 0 aliphatic carbocycles. The summed E-state index contributed by atoms with van der Waals surface area (Å²) in [7, 11) is 0. The van der Waals surface area contributed by atoms with Gasteiger partial charge in [0.1, 0.15) is 5.75 Å². The molecule has 0 fully saturated rings. The Morgan fingerprint density at radius 1 is 1.21 bits per heavy atom. The molecular formula is C20H24N2O2. The van der Waals surface area contributed by atoms with Crippen LogP contribution in [0.4, 0.5) is 0 Å². The van der Waals surface area contributed by atoms with Crippen molar-refractivity contribution in [3.05, 3.63) is 65.5 Å². The second kappa shape index (κ2) is 11.4. The van der Waals surface area contributed by atoms with Gasteiger partial charge in [-0.15, -0.1) is 12.3 Å². The number of terminal acetylenes is 1. The van der Waals surface area contributed by atoms with Gasteiger partial charge in [-0.25, -0.2) is 0 Å². The zero-order valence-electron chi connectivity index (χ0n) is 14.3. The molecule has 0 aliphatic rings. The standard InChI is InChI=1S/C11H8O2.C6H12N2.C3H4/c12-7-10-5-8-3-1-2-4-9(8)6-11(10)13;1-3-6(8)4-5(2)7;1-3-2/h1-7,13H;3-4H,7-8H2,1-2H3;1H,2H3/b;5-4+,6-3+;. The number of aldehydes is 1. The zero-order chi connectivity index (χ0) is 18.5. The van der Waals surface area contributed by atoms with Crippen LogP contribution in [-0.2, 0) is 0 Å². The summed E-state index contributed by atoms with van der Waals surface area (Å²) in [6.07, 6.45) is 8.78. The van der Waals surface area contributed by atoms with Crippen LogP contribution in [0.2, 0.25) is 0 Å². The monoisotopic (exact) mass is 324 g/mol. The predicted molar refractivity (Wildman–Crippen MR) is 101 cm³/mol. The summed E-state index contributed by atoms with van der Waals surface area (Å²) in [5, 5.41) is 11.3. The molecule has 0 aliphatic heterocycles. The molecule has 0 heterocycles. The average molecular weight is 324 g/mol. The Hall–Kier alpha value is -3.19. The summed E-state index contributed by atoms with van der Waals surface area (Å²) in [5.74, 6) is 2.29. The lowest BCUT2D eigenvalue weighted by molar-refractivity contribution is 0.112. The molecule has 24 heavy (non-hydrogen) atoms. The minimum Gasteiger partial charge on any atom is -0.507 e. The van der Waals surface area contributed by atoms with Crippen molar-refractivity contribution in [1.29, 1.82) is 0 Å². The van der Waals surface area contributed by atoms with Gasteiger partial charge in [-0.2, -0.15) is 0 Å². The molecular weight excluding hydrogens is 300 g/mol. The fourth-order valence-corrected chi connectivity index (χ4v) is 1.69. The third-order valence-electron chi connectivity index (χ3n) is 2.75. The van der Waals surface area contributed by atoms with E-state index in [0.717, 1.165) is 16.5 Å². The second-order valence-corrected chi connectivity index (χ2v) is 4.84. The zero-order valence-corrected chi connectivity index (χ0v) is 14.3. The van der Waals surface area contributed by atoms with Gasteiger partial charge >= 0.3 is 0 Å². The molecule has 2 rings (SSSR count). The van der Waals surface area contributed by atoms with Crippen LogP contribution in [0, 0.1) is 12.3 Å². The normalized spacial score (nSPS) is 10.6. The minimum absolute atomic E-state index is 0.0358. The molecule has 0 aromatic heterocycles. The van der Waals surface area contributed by atoms with Crippen molar-refractivity contribution in [2.45, 2.75) is 20.8 Å². The first-order chi connectivity index (χ1) is 11.4. The maximum atomic E-state index is 10.5. The first-order valence-corrected chi connectivity index (χ1v) is 7.29. The Balaban J connectivity index is 0.000000415. The van der Waals surface area contributed by atoms with Crippen molar-refractivity contribution < 1.29 is 9.90 Å². The fraction of sp³-hybridized carbons (Fsp3) is 0.150. The molecule has 0 atom stereocenters. The summed E-state index contributed by atoms with van der Waals surface area (Å²) in [6, 6.07) is 10.9. The van der Waals surface area contributed by atoms with E-state index in [1.165, 1.54) is 0 Å². The number of carbonyl (C=O) groups excluding carboxylic acids is 1. The van der Waals surface area contributed by atoms with Crippen LogP contribution in [0.3, 0.4) is 0 Å². The smallest absolute Gasteiger partial charge is 0.153 e. The van der Waals surface area contributed by atoms with Crippen LogP contribution in [0.1, 0.15) is 31.1 Å². The maximum Gasteiger partial charge on any atom is 0.153 e. The Morgan fingerprint density at radius 3 is 2.08 bits per heavy atom. The number of rotatable bonds is 2. The third kappa shape index (κ3) is 7.71. The van der Waals surface area contributed by atoms with E-state index < -0.39 is 0 Å². The highest BCUT2D eigenvalue weighted by Gasteiger charge is 2.01. The number of benzene rings is 2. The topological polar surface area (TPSA) is 89.3 Å². The van der Waals surface area contributed by atoms with Crippen molar-refractivity contribution in [3.63, 3.8) is 0 Å². The summed E-state index contributed by atoms with van der Waals surface area (Å²) in [5.41, 5.74) is 12.5. The van der Waals surface area contributed by atoms with Gasteiger partial charge in [0.25, 0.3) is 0 Å². The molecule has 0 bridgehead atoms. The van der Waals surface area contributed by atoms with E-state index in [0.29, 0.717) is 17.5 Å². The highest BCUT2D eigenvalue weighted by molar-refractivity contribution is 5.91. The number of nitrogens with two attached hydrogens (primary N) is 2. The highest BCUT2D eigenvalue weighted by Crippen LogP contribution is 2.23. The molecule has 0 unspecified atom stereocenters. The van der Waals surface area contributed by atoms with Crippen LogP contribution < -0.4 is 11.5 Å². The molecule has 5 N–H and O–H groups in total. The van der Waals surface area contributed by atoms with Crippen LogP contribution in [-0.4, -0.2) is 11.4 Å². The van der Waals surface area contributed by atoms with E-state index in [1.54, 1.807) is 38.1 Å². The van der Waals surface area contributed by atoms with E-state index >= 15 is 0 Å². The Morgan fingerprint density at radius 2 is 1.71 bits per heavy atom.